The minimum Gasteiger partial charge on any atom is -0.366 e. The minimum atomic E-state index is 0. The van der Waals surface area contributed by atoms with Gasteiger partial charge in [-0.05, 0) is 76.3 Å². The summed E-state index contributed by atoms with van der Waals surface area (Å²) in [5, 5.41) is 4.85. The molecule has 0 unspecified atom stereocenters. The first-order chi connectivity index (χ1) is 22.7. The summed E-state index contributed by atoms with van der Waals surface area (Å²) in [6, 6.07) is 28.6. The number of aryl methyl sites for hydroxylation is 2. The second-order valence-electron chi connectivity index (χ2n) is 14.0. The third-order valence-corrected chi connectivity index (χ3v) is 20.6. The molecule has 2 aliphatic heterocycles. The predicted octanol–water partition coefficient (Wildman–Crippen LogP) is 11.0. The summed E-state index contributed by atoms with van der Waals surface area (Å²) < 4.78 is 4.36. The van der Waals surface area contributed by atoms with E-state index in [0.29, 0.717) is 0 Å². The van der Waals surface area contributed by atoms with E-state index in [2.05, 4.69) is 87.0 Å². The summed E-state index contributed by atoms with van der Waals surface area (Å²) in [6.45, 7) is 10.2. The minimum absolute atomic E-state index is 0. The maximum absolute atomic E-state index is 7.18. The molecule has 49 heavy (non-hydrogen) atoms. The molecule has 2 nitrogen and oxygen atoms in total. The average Bonchev–Trinajstić information content (AvgIpc) is 3.79. The molecule has 4 aromatic carbocycles. The Labute approximate surface area is 327 Å². The number of rotatable bonds is 2. The number of benzene rings is 4. The van der Waals surface area contributed by atoms with Gasteiger partial charge in [0.1, 0.15) is 0 Å². The molecule has 0 amide bonds. The van der Waals surface area contributed by atoms with Gasteiger partial charge in [0.05, 0.1) is 22.6 Å². The Hall–Kier alpha value is -2.06. The van der Waals surface area contributed by atoms with Crippen molar-refractivity contribution in [1.82, 2.24) is 9.13 Å². The monoisotopic (exact) mass is 1050 g/mol. The first kappa shape index (κ1) is 39.7. The van der Waals surface area contributed by atoms with Crippen LogP contribution in [0.3, 0.4) is 0 Å². The van der Waals surface area contributed by atoms with Gasteiger partial charge in [-0.3, -0.25) is 11.8 Å². The molecule has 260 valence electrons. The Bertz CT molecular complexity index is 1960. The summed E-state index contributed by atoms with van der Waals surface area (Å²) in [5.41, 5.74) is 11.0. The van der Waals surface area contributed by atoms with Crippen LogP contribution in [0.15, 0.2) is 84.9 Å². The SMILES string of the molecule is C[C@H]1CC[C@H](C)[PH+]1C[PH+]1[C@@H](C)CC[C@@H]1C.[Au+].[Au+].[C-]#Cc1ccc2c(c1)c1ccccc1n2C.[C-]#Cc1ccc2c(c1)c1ccccc1n2C. The molecule has 2 saturated heterocycles. The van der Waals surface area contributed by atoms with Gasteiger partial charge in [0.15, 0.2) is 5.90 Å². The number of para-hydroxylation sites is 2. The van der Waals surface area contributed by atoms with Gasteiger partial charge in [-0.2, -0.15) is 0 Å². The van der Waals surface area contributed by atoms with E-state index < -0.39 is 0 Å². The molecule has 0 aliphatic carbocycles. The molecule has 0 bridgehead atoms. The van der Waals surface area contributed by atoms with Gasteiger partial charge in [-0.25, -0.2) is 0 Å². The van der Waals surface area contributed by atoms with Crippen LogP contribution in [0.1, 0.15) is 64.5 Å². The van der Waals surface area contributed by atoms with E-state index in [1.54, 1.807) is 31.6 Å². The van der Waals surface area contributed by atoms with E-state index in [-0.39, 0.29) is 60.6 Å². The predicted molar refractivity (Wildman–Crippen MR) is 211 cm³/mol. The van der Waals surface area contributed by atoms with Crippen LogP contribution in [-0.2, 0) is 58.9 Å². The summed E-state index contributed by atoms with van der Waals surface area (Å²) in [4.78, 5) is 0. The molecule has 2 fully saturated rings. The fourth-order valence-electron chi connectivity index (χ4n) is 8.14. The first-order valence-electron chi connectivity index (χ1n) is 17.2. The van der Waals surface area contributed by atoms with Crippen LogP contribution in [-0.4, -0.2) is 37.7 Å². The van der Waals surface area contributed by atoms with E-state index in [4.69, 9.17) is 12.8 Å². The van der Waals surface area contributed by atoms with Crippen molar-refractivity contribution in [1.29, 1.82) is 0 Å². The van der Waals surface area contributed by atoms with Crippen molar-refractivity contribution in [2.24, 2.45) is 14.1 Å². The zero-order chi connectivity index (χ0) is 33.2. The standard InChI is InChI=1S/2C15H10N.C13H26P2.2Au/c2*1-3-11-8-9-15-13(10-11)12-6-4-5-7-14(12)16(15)2;1-10-5-6-11(2)14(10)9-15-12(3)7-8-13(15)4;;/h2*4-10H,2H3;10-13H,5-9H2,1-4H3;;/q2*-1;;2*+1/p+2/t;;10-,11-,12-,13-;;/m..0../s1. The summed E-state index contributed by atoms with van der Waals surface area (Å²) in [6.07, 6.45) is 20.5. The van der Waals surface area contributed by atoms with E-state index in [0.717, 1.165) is 33.8 Å². The molecule has 0 N–H and O–H groups in total. The van der Waals surface area contributed by atoms with Crippen LogP contribution in [0, 0.1) is 24.7 Å². The number of hydrogen-bond donors (Lipinski definition) is 0. The topological polar surface area (TPSA) is 9.86 Å². The van der Waals surface area contributed by atoms with E-state index in [1.807, 2.05) is 60.7 Å². The quantitative estimate of drug-likeness (QED) is 0.0708. The van der Waals surface area contributed by atoms with E-state index in [9.17, 15) is 0 Å². The molecule has 6 heteroatoms. The Balaban J connectivity index is 0.000000162. The zero-order valence-electron chi connectivity index (χ0n) is 29.4. The van der Waals surface area contributed by atoms with Crippen LogP contribution in [0.5, 0.6) is 0 Å². The van der Waals surface area contributed by atoms with Crippen LogP contribution in [0.25, 0.3) is 43.6 Å². The van der Waals surface area contributed by atoms with Crippen molar-refractivity contribution >= 4 is 59.5 Å². The number of aromatic nitrogens is 2. The van der Waals surface area contributed by atoms with Gasteiger partial charge in [0.25, 0.3) is 0 Å². The summed E-state index contributed by atoms with van der Waals surface area (Å²) in [5.74, 6) is 6.60. The fourth-order valence-corrected chi connectivity index (χ4v) is 19.7. The second-order valence-corrected chi connectivity index (χ2v) is 21.6. The van der Waals surface area contributed by atoms with Gasteiger partial charge >= 0.3 is 44.8 Å². The molecule has 6 aromatic rings. The van der Waals surface area contributed by atoms with E-state index >= 15 is 0 Å². The molecule has 4 heterocycles. The fraction of sp³-hybridized carbons (Fsp3) is 0.349. The Kier molecular flexibility index (Phi) is 14.1. The van der Waals surface area contributed by atoms with Crippen molar-refractivity contribution < 1.29 is 44.8 Å². The summed E-state index contributed by atoms with van der Waals surface area (Å²) in [7, 11) is 4.20. The molecule has 2 aliphatic rings. The first-order valence-corrected chi connectivity index (χ1v) is 20.9. The maximum Gasteiger partial charge on any atom is 1.00 e. The molecule has 2 aromatic heterocycles. The van der Waals surface area contributed by atoms with E-state index in [1.165, 1.54) is 43.6 Å². The molecule has 0 spiro atoms. The molecule has 4 atom stereocenters. The number of hydrogen-bond acceptors (Lipinski definition) is 0. The third-order valence-electron chi connectivity index (χ3n) is 11.1. The van der Waals surface area contributed by atoms with Crippen molar-refractivity contribution in [2.45, 2.75) is 76.0 Å². The molecular weight excluding hydrogens is 1000 g/mol. The molecule has 0 radical (unpaired) electrons. The van der Waals surface area contributed by atoms with Crippen molar-refractivity contribution in [2.75, 3.05) is 5.90 Å². The smallest absolute Gasteiger partial charge is 0.366 e. The number of nitrogens with zero attached hydrogens (tertiary/aromatic N) is 2. The number of fused-ring (bicyclic) bond motifs is 6. The molecule has 8 rings (SSSR count). The van der Waals surface area contributed by atoms with Crippen molar-refractivity contribution in [3.8, 4) is 11.8 Å². The zero-order valence-corrected chi connectivity index (χ0v) is 35.8. The second kappa shape index (κ2) is 17.4. The Morgan fingerprint density at radius 2 is 0.857 bits per heavy atom. The average molecular weight is 1050 g/mol. The molecular formula is C43H48Au2N2P2+2. The van der Waals surface area contributed by atoms with Crippen LogP contribution in [0.4, 0.5) is 0 Å². The Morgan fingerprint density at radius 3 is 1.20 bits per heavy atom. The third kappa shape index (κ3) is 8.21. The Morgan fingerprint density at radius 1 is 0.531 bits per heavy atom. The largest absolute Gasteiger partial charge is 1.00 e. The summed E-state index contributed by atoms with van der Waals surface area (Å²) >= 11 is 0. The van der Waals surface area contributed by atoms with Gasteiger partial charge < -0.3 is 22.0 Å². The van der Waals surface area contributed by atoms with Gasteiger partial charge in [-0.1, -0.05) is 48.5 Å². The van der Waals surface area contributed by atoms with Crippen LogP contribution in [0.2, 0.25) is 0 Å². The van der Waals surface area contributed by atoms with Gasteiger partial charge in [0.2, 0.25) is 0 Å². The van der Waals surface area contributed by atoms with Gasteiger partial charge in [0, 0.05) is 62.8 Å². The van der Waals surface area contributed by atoms with Gasteiger partial charge in [-0.15, -0.1) is 35.4 Å². The van der Waals surface area contributed by atoms with Crippen LogP contribution < -0.4 is 0 Å². The van der Waals surface area contributed by atoms with Crippen molar-refractivity contribution in [3.05, 3.63) is 109 Å². The molecule has 0 saturated carbocycles. The maximum atomic E-state index is 7.18. The normalized spacial score (nSPS) is 20.5. The van der Waals surface area contributed by atoms with Crippen molar-refractivity contribution in [3.63, 3.8) is 0 Å². The van der Waals surface area contributed by atoms with Crippen LogP contribution >= 0.6 is 15.8 Å².